The van der Waals surface area contributed by atoms with Crippen LogP contribution in [-0.4, -0.2) is 29.0 Å². The van der Waals surface area contributed by atoms with Gasteiger partial charge in [-0.05, 0) is 12.0 Å². The number of azide groups is 1. The molecule has 0 radical (unpaired) electrons. The van der Waals surface area contributed by atoms with E-state index in [4.69, 9.17) is 10.6 Å². The van der Waals surface area contributed by atoms with Gasteiger partial charge in [-0.2, -0.15) is 0 Å². The van der Waals surface area contributed by atoms with Crippen LogP contribution in [0.2, 0.25) is 0 Å². The van der Waals surface area contributed by atoms with Crippen LogP contribution >= 0.6 is 0 Å². The predicted molar refractivity (Wildman–Crippen MR) is 50.1 cm³/mol. The number of nitrogens with zero attached hydrogens (tertiary/aromatic N) is 3. The highest BCUT2D eigenvalue weighted by molar-refractivity contribution is 4.94. The van der Waals surface area contributed by atoms with Gasteiger partial charge in [-0.25, -0.2) is 0 Å². The zero-order valence-electron chi connectivity index (χ0n) is 7.67. The lowest BCUT2D eigenvalue weighted by atomic mass is 10.1. The van der Waals surface area contributed by atoms with E-state index in [1.54, 1.807) is 12.2 Å². The van der Waals surface area contributed by atoms with Crippen molar-refractivity contribution >= 4 is 0 Å². The second-order valence-corrected chi connectivity index (χ2v) is 2.66. The summed E-state index contributed by atoms with van der Waals surface area (Å²) >= 11 is 0. The Bertz CT molecular complexity index is 200. The number of unbranched alkanes of at least 4 members (excludes halogenated alkanes) is 1. The molecule has 0 rings (SSSR count). The maximum absolute atomic E-state index is 9.36. The van der Waals surface area contributed by atoms with Crippen LogP contribution in [0.15, 0.2) is 17.3 Å². The van der Waals surface area contributed by atoms with E-state index in [1.165, 1.54) is 0 Å². The minimum absolute atomic E-state index is 0.346. The first-order valence-corrected chi connectivity index (χ1v) is 4.26. The topological polar surface area (TPSA) is 89.2 Å². The Labute approximate surface area is 77.3 Å². The van der Waals surface area contributed by atoms with Crippen LogP contribution in [0.25, 0.3) is 10.4 Å². The molecule has 5 nitrogen and oxygen atoms in total. The SMILES string of the molecule is CCCC=C[C@@H](O)[C@H](CO)N=[N+]=[N-]. The molecule has 0 unspecified atom stereocenters. The molecule has 0 bridgehead atoms. The Morgan fingerprint density at radius 2 is 2.31 bits per heavy atom. The molecule has 74 valence electrons. The first-order valence-electron chi connectivity index (χ1n) is 4.26. The van der Waals surface area contributed by atoms with E-state index in [9.17, 15) is 5.11 Å². The molecular formula is C8H15N3O2. The summed E-state index contributed by atoms with van der Waals surface area (Å²) < 4.78 is 0. The quantitative estimate of drug-likeness (QED) is 0.283. The van der Waals surface area contributed by atoms with Crippen molar-refractivity contribution in [1.29, 1.82) is 0 Å². The average molecular weight is 185 g/mol. The van der Waals surface area contributed by atoms with Crippen molar-refractivity contribution in [3.05, 3.63) is 22.6 Å². The smallest absolute Gasteiger partial charge is 0.0900 e. The number of hydrogen-bond acceptors (Lipinski definition) is 3. The summed E-state index contributed by atoms with van der Waals surface area (Å²) in [6.07, 6.45) is 4.31. The van der Waals surface area contributed by atoms with Crippen LogP contribution < -0.4 is 0 Å². The van der Waals surface area contributed by atoms with Gasteiger partial charge in [-0.15, -0.1) is 0 Å². The van der Waals surface area contributed by atoms with E-state index in [1.807, 2.05) is 6.92 Å². The second kappa shape index (κ2) is 7.61. The van der Waals surface area contributed by atoms with Crippen LogP contribution in [0.4, 0.5) is 0 Å². The van der Waals surface area contributed by atoms with Gasteiger partial charge in [0.1, 0.15) is 0 Å². The fraction of sp³-hybridized carbons (Fsp3) is 0.750. The lowest BCUT2D eigenvalue weighted by molar-refractivity contribution is 0.144. The molecule has 13 heavy (non-hydrogen) atoms. The molecule has 0 aliphatic carbocycles. The van der Waals surface area contributed by atoms with E-state index >= 15 is 0 Å². The van der Waals surface area contributed by atoms with E-state index in [2.05, 4.69) is 10.0 Å². The maximum atomic E-state index is 9.36. The molecule has 0 amide bonds. The van der Waals surface area contributed by atoms with Crippen LogP contribution in [-0.2, 0) is 0 Å². The molecule has 0 aliphatic heterocycles. The van der Waals surface area contributed by atoms with Gasteiger partial charge in [0.2, 0.25) is 0 Å². The normalized spacial score (nSPS) is 15.3. The van der Waals surface area contributed by atoms with Crippen molar-refractivity contribution in [2.45, 2.75) is 31.9 Å². The summed E-state index contributed by atoms with van der Waals surface area (Å²) in [6, 6.07) is -0.780. The molecule has 0 fully saturated rings. The van der Waals surface area contributed by atoms with E-state index in [-0.39, 0.29) is 6.61 Å². The molecule has 0 heterocycles. The third-order valence-electron chi connectivity index (χ3n) is 1.57. The fourth-order valence-corrected chi connectivity index (χ4v) is 0.810. The lowest BCUT2D eigenvalue weighted by Gasteiger charge is -2.11. The Morgan fingerprint density at radius 1 is 1.62 bits per heavy atom. The van der Waals surface area contributed by atoms with Crippen LogP contribution in [0, 0.1) is 0 Å². The number of aliphatic hydroxyl groups is 2. The van der Waals surface area contributed by atoms with Crippen molar-refractivity contribution < 1.29 is 10.2 Å². The summed E-state index contributed by atoms with van der Waals surface area (Å²) in [7, 11) is 0. The molecule has 0 aromatic rings. The Balaban J connectivity index is 4.04. The summed E-state index contributed by atoms with van der Waals surface area (Å²) in [5.74, 6) is 0. The predicted octanol–water partition coefficient (Wildman–Crippen LogP) is 1.37. The molecule has 0 saturated heterocycles. The van der Waals surface area contributed by atoms with Gasteiger partial charge in [0.15, 0.2) is 0 Å². The summed E-state index contributed by atoms with van der Waals surface area (Å²) in [5.41, 5.74) is 8.10. The Morgan fingerprint density at radius 3 is 2.77 bits per heavy atom. The molecule has 0 saturated carbocycles. The van der Waals surface area contributed by atoms with Gasteiger partial charge in [0, 0.05) is 4.91 Å². The first kappa shape index (κ1) is 12.0. The minimum Gasteiger partial charge on any atom is -0.396 e. The Hall–Kier alpha value is -1.03. The number of allylic oxidation sites excluding steroid dienone is 1. The zero-order chi connectivity index (χ0) is 10.1. The largest absolute Gasteiger partial charge is 0.396 e. The van der Waals surface area contributed by atoms with Gasteiger partial charge in [-0.1, -0.05) is 30.6 Å². The third kappa shape index (κ3) is 5.25. The van der Waals surface area contributed by atoms with E-state index < -0.39 is 12.1 Å². The highest BCUT2D eigenvalue weighted by Crippen LogP contribution is 2.02. The maximum Gasteiger partial charge on any atom is 0.0900 e. The highest BCUT2D eigenvalue weighted by Gasteiger charge is 2.12. The first-order chi connectivity index (χ1) is 6.26. The van der Waals surface area contributed by atoms with Gasteiger partial charge in [0.25, 0.3) is 0 Å². The van der Waals surface area contributed by atoms with Crippen molar-refractivity contribution in [2.24, 2.45) is 5.11 Å². The number of aliphatic hydroxyl groups excluding tert-OH is 2. The van der Waals surface area contributed by atoms with Crippen LogP contribution in [0.5, 0.6) is 0 Å². The molecule has 0 aromatic heterocycles. The molecule has 2 N–H and O–H groups in total. The van der Waals surface area contributed by atoms with Gasteiger partial charge < -0.3 is 10.2 Å². The summed E-state index contributed by atoms with van der Waals surface area (Å²) in [5, 5.41) is 21.3. The average Bonchev–Trinajstić information content (AvgIpc) is 2.14. The van der Waals surface area contributed by atoms with Gasteiger partial charge >= 0.3 is 0 Å². The number of hydrogen-bond donors (Lipinski definition) is 2. The molecule has 5 heteroatoms. The lowest BCUT2D eigenvalue weighted by Crippen LogP contribution is -2.25. The molecule has 0 aromatic carbocycles. The standard InChI is InChI=1S/C8H15N3O2/c1-2-3-4-5-8(13)7(6-12)10-11-9/h4-5,7-8,12-13H,2-3,6H2,1H3/t7-,8+/m0/s1. The summed E-state index contributed by atoms with van der Waals surface area (Å²) in [4.78, 5) is 2.53. The molecule has 0 spiro atoms. The minimum atomic E-state index is -0.896. The Kier molecular flexibility index (Phi) is 7.01. The zero-order valence-corrected chi connectivity index (χ0v) is 7.67. The van der Waals surface area contributed by atoms with Crippen molar-refractivity contribution in [2.75, 3.05) is 6.61 Å². The number of rotatable bonds is 6. The van der Waals surface area contributed by atoms with Gasteiger partial charge in [0.05, 0.1) is 18.8 Å². The molecule has 0 aliphatic rings. The van der Waals surface area contributed by atoms with Crippen molar-refractivity contribution in [3.8, 4) is 0 Å². The van der Waals surface area contributed by atoms with Crippen LogP contribution in [0.1, 0.15) is 19.8 Å². The van der Waals surface area contributed by atoms with Crippen molar-refractivity contribution in [1.82, 2.24) is 0 Å². The van der Waals surface area contributed by atoms with Gasteiger partial charge in [-0.3, -0.25) is 0 Å². The summed E-state index contributed by atoms with van der Waals surface area (Å²) in [6.45, 7) is 1.68. The highest BCUT2D eigenvalue weighted by atomic mass is 16.3. The molecular weight excluding hydrogens is 170 g/mol. The fourth-order valence-electron chi connectivity index (χ4n) is 0.810. The van der Waals surface area contributed by atoms with Crippen molar-refractivity contribution in [3.63, 3.8) is 0 Å². The molecule has 2 atom stereocenters. The van der Waals surface area contributed by atoms with Crippen LogP contribution in [0.3, 0.4) is 0 Å². The third-order valence-corrected chi connectivity index (χ3v) is 1.57. The monoisotopic (exact) mass is 185 g/mol. The second-order valence-electron chi connectivity index (χ2n) is 2.66. The van der Waals surface area contributed by atoms with E-state index in [0.29, 0.717) is 0 Å². The van der Waals surface area contributed by atoms with E-state index in [0.717, 1.165) is 12.8 Å².